The van der Waals surface area contributed by atoms with Gasteiger partial charge < -0.3 is 10.4 Å². The normalized spacial score (nSPS) is 12.2. The maximum Gasteiger partial charge on any atom is 0.325 e. The number of nitrogens with one attached hydrogen (secondary N) is 1. The van der Waals surface area contributed by atoms with Crippen molar-refractivity contribution in [2.24, 2.45) is 0 Å². The highest BCUT2D eigenvalue weighted by Gasteiger charge is 2.08. The minimum Gasteiger partial charge on any atom is -0.480 e. The summed E-state index contributed by atoms with van der Waals surface area (Å²) in [6, 6.07) is -0.586. The van der Waals surface area contributed by atoms with Gasteiger partial charge in [-0.1, -0.05) is 6.58 Å². The maximum absolute atomic E-state index is 10.1. The molecule has 0 aliphatic carbocycles. The lowest BCUT2D eigenvalue weighted by Gasteiger charge is -2.06. The molecule has 52 valence electrons. The summed E-state index contributed by atoms with van der Waals surface area (Å²) in [7, 11) is 0. The van der Waals surface area contributed by atoms with Crippen molar-refractivity contribution in [3.05, 3.63) is 11.2 Å². The van der Waals surface area contributed by atoms with E-state index in [1.165, 1.54) is 6.92 Å². The second kappa shape index (κ2) is 3.50. The largest absolute Gasteiger partial charge is 0.480 e. The molecule has 0 heterocycles. The first-order valence-electron chi connectivity index (χ1n) is 2.37. The number of rotatable bonds is 3. The van der Waals surface area contributed by atoms with Crippen molar-refractivity contribution in [3.8, 4) is 0 Å². The molecular formula is C5H8BrNO2. The third-order valence-electron chi connectivity index (χ3n) is 0.744. The molecule has 0 amide bonds. The number of hydrogen-bond donors (Lipinski definition) is 2. The van der Waals surface area contributed by atoms with Gasteiger partial charge in [0.05, 0.1) is 4.61 Å². The summed E-state index contributed by atoms with van der Waals surface area (Å²) in [5, 5.41) is 10.9. The highest BCUT2D eigenvalue weighted by Crippen LogP contribution is 1.96. The first-order valence-corrected chi connectivity index (χ1v) is 3.17. The van der Waals surface area contributed by atoms with Crippen LogP contribution in [0.15, 0.2) is 11.2 Å². The zero-order chi connectivity index (χ0) is 7.44. The second-order valence-corrected chi connectivity index (χ2v) is 2.57. The van der Waals surface area contributed by atoms with Crippen LogP contribution in [0.4, 0.5) is 0 Å². The van der Waals surface area contributed by atoms with Gasteiger partial charge in [-0.2, -0.15) is 0 Å². The maximum atomic E-state index is 10.1. The number of hydrogen-bond acceptors (Lipinski definition) is 2. The summed E-state index contributed by atoms with van der Waals surface area (Å²) in [5.74, 6) is -0.893. The van der Waals surface area contributed by atoms with E-state index in [0.29, 0.717) is 4.61 Å². The number of aliphatic carboxylic acids is 1. The van der Waals surface area contributed by atoms with E-state index in [-0.39, 0.29) is 0 Å². The van der Waals surface area contributed by atoms with Crippen LogP contribution >= 0.6 is 15.9 Å². The highest BCUT2D eigenvalue weighted by molar-refractivity contribution is 9.11. The molecule has 2 N–H and O–H groups in total. The van der Waals surface area contributed by atoms with Crippen molar-refractivity contribution < 1.29 is 9.90 Å². The smallest absolute Gasteiger partial charge is 0.325 e. The summed E-state index contributed by atoms with van der Waals surface area (Å²) in [6.45, 7) is 4.96. The van der Waals surface area contributed by atoms with E-state index in [2.05, 4.69) is 27.8 Å². The van der Waals surface area contributed by atoms with Crippen LogP contribution in [0.1, 0.15) is 6.92 Å². The van der Waals surface area contributed by atoms with Gasteiger partial charge in [-0.15, -0.1) is 0 Å². The lowest BCUT2D eigenvalue weighted by Crippen LogP contribution is -2.31. The van der Waals surface area contributed by atoms with E-state index in [1.54, 1.807) is 0 Å². The van der Waals surface area contributed by atoms with Crippen LogP contribution in [0.2, 0.25) is 0 Å². The van der Waals surface area contributed by atoms with Crippen LogP contribution in [0, 0.1) is 0 Å². The Balaban J connectivity index is 3.63. The average molecular weight is 194 g/mol. The van der Waals surface area contributed by atoms with E-state index >= 15 is 0 Å². The fourth-order valence-corrected chi connectivity index (χ4v) is 0.640. The topological polar surface area (TPSA) is 49.3 Å². The summed E-state index contributed by atoms with van der Waals surface area (Å²) in [5.41, 5.74) is 0. The van der Waals surface area contributed by atoms with E-state index in [1.807, 2.05) is 0 Å². The fourth-order valence-electron chi connectivity index (χ4n) is 0.297. The third-order valence-corrected chi connectivity index (χ3v) is 0.972. The van der Waals surface area contributed by atoms with Crippen molar-refractivity contribution in [3.63, 3.8) is 0 Å². The van der Waals surface area contributed by atoms with Gasteiger partial charge in [0.2, 0.25) is 0 Å². The van der Waals surface area contributed by atoms with Crippen LogP contribution in [-0.2, 0) is 4.79 Å². The molecule has 0 aliphatic rings. The molecule has 0 saturated heterocycles. The molecule has 0 bridgehead atoms. The van der Waals surface area contributed by atoms with Crippen LogP contribution < -0.4 is 5.32 Å². The van der Waals surface area contributed by atoms with Gasteiger partial charge in [0.25, 0.3) is 0 Å². The molecule has 1 atom stereocenters. The molecule has 0 spiro atoms. The predicted molar refractivity (Wildman–Crippen MR) is 38.3 cm³/mol. The van der Waals surface area contributed by atoms with E-state index in [0.717, 1.165) is 0 Å². The summed E-state index contributed by atoms with van der Waals surface area (Å²) in [4.78, 5) is 10.1. The van der Waals surface area contributed by atoms with Crippen LogP contribution in [0.3, 0.4) is 0 Å². The van der Waals surface area contributed by atoms with E-state index < -0.39 is 12.0 Å². The molecular weight excluding hydrogens is 186 g/mol. The summed E-state index contributed by atoms with van der Waals surface area (Å²) in [6.07, 6.45) is 0. The highest BCUT2D eigenvalue weighted by atomic mass is 79.9. The Labute approximate surface area is 61.9 Å². The Kier molecular flexibility index (Phi) is 3.30. The molecule has 0 unspecified atom stereocenters. The van der Waals surface area contributed by atoms with Gasteiger partial charge in [-0.3, -0.25) is 4.79 Å². The number of carboxylic acids is 1. The molecule has 9 heavy (non-hydrogen) atoms. The van der Waals surface area contributed by atoms with Gasteiger partial charge in [-0.25, -0.2) is 0 Å². The van der Waals surface area contributed by atoms with Gasteiger partial charge in [0, 0.05) is 0 Å². The third kappa shape index (κ3) is 4.02. The molecule has 0 aliphatic heterocycles. The standard InChI is InChI=1S/C5H8BrNO2/c1-3(5(8)9)7-4(2)6/h3,7H,2H2,1H3,(H,8,9)/t3-/m0/s1. The first-order chi connectivity index (χ1) is 4.04. The van der Waals surface area contributed by atoms with Gasteiger partial charge in [-0.05, 0) is 22.9 Å². The SMILES string of the molecule is C=C(Br)N[C@@H](C)C(=O)O. The second-order valence-electron chi connectivity index (χ2n) is 1.61. The number of halogens is 1. The molecule has 0 rings (SSSR count). The Bertz CT molecular complexity index is 135. The van der Waals surface area contributed by atoms with Crippen molar-refractivity contribution in [2.75, 3.05) is 0 Å². The lowest BCUT2D eigenvalue weighted by molar-refractivity contribution is -0.138. The number of carbonyl (C=O) groups is 1. The molecule has 0 aromatic carbocycles. The first kappa shape index (κ1) is 8.49. The molecule has 3 nitrogen and oxygen atoms in total. The minimum atomic E-state index is -0.893. The number of carboxylic acid groups (broad SMARTS) is 1. The molecule has 4 heteroatoms. The van der Waals surface area contributed by atoms with Crippen molar-refractivity contribution >= 4 is 21.9 Å². The van der Waals surface area contributed by atoms with Crippen LogP contribution in [-0.4, -0.2) is 17.1 Å². The Morgan fingerprint density at radius 1 is 1.89 bits per heavy atom. The van der Waals surface area contributed by atoms with Crippen molar-refractivity contribution in [2.45, 2.75) is 13.0 Å². The zero-order valence-electron chi connectivity index (χ0n) is 5.02. The predicted octanol–water partition coefficient (Wildman–Crippen LogP) is 0.915. The Hall–Kier alpha value is -0.510. The molecule has 0 aromatic rings. The quantitative estimate of drug-likeness (QED) is 0.656. The monoisotopic (exact) mass is 193 g/mol. The molecule has 0 aromatic heterocycles. The Morgan fingerprint density at radius 2 is 2.33 bits per heavy atom. The van der Waals surface area contributed by atoms with Crippen molar-refractivity contribution in [1.29, 1.82) is 0 Å². The molecule has 0 radical (unpaired) electrons. The fraction of sp³-hybridized carbons (Fsp3) is 0.400. The molecule has 0 fully saturated rings. The van der Waals surface area contributed by atoms with E-state index in [9.17, 15) is 4.79 Å². The van der Waals surface area contributed by atoms with Crippen LogP contribution in [0.25, 0.3) is 0 Å². The zero-order valence-corrected chi connectivity index (χ0v) is 6.60. The molecule has 0 saturated carbocycles. The van der Waals surface area contributed by atoms with E-state index in [4.69, 9.17) is 5.11 Å². The van der Waals surface area contributed by atoms with Gasteiger partial charge in [0.15, 0.2) is 0 Å². The van der Waals surface area contributed by atoms with Crippen LogP contribution in [0.5, 0.6) is 0 Å². The summed E-state index contributed by atoms with van der Waals surface area (Å²) >= 11 is 2.97. The van der Waals surface area contributed by atoms with Gasteiger partial charge >= 0.3 is 5.97 Å². The lowest BCUT2D eigenvalue weighted by atomic mass is 10.4. The average Bonchev–Trinajstić information content (AvgIpc) is 1.63. The summed E-state index contributed by atoms with van der Waals surface area (Å²) < 4.78 is 0.484. The van der Waals surface area contributed by atoms with Crippen molar-refractivity contribution in [1.82, 2.24) is 5.32 Å². The van der Waals surface area contributed by atoms with Gasteiger partial charge in [0.1, 0.15) is 6.04 Å². The minimum absolute atomic E-state index is 0.484. The Morgan fingerprint density at radius 3 is 2.44 bits per heavy atom.